The summed E-state index contributed by atoms with van der Waals surface area (Å²) in [7, 11) is 0. The van der Waals surface area contributed by atoms with Gasteiger partial charge in [0.05, 0.1) is 5.71 Å². The standard InChI is InChI=1S/C28H29ClN2O5/c1-19-6-2-5-9-26(19)33-17-22(32)15-31(14-21-7-3-4-8-24(21)29)16-23-13-25(30-36-23)20-10-11-27-28(12-20)35-18-34-27/h2-12,22-23,32H,13-18H2,1H3/t22-,23-/m0/s1. The number of aliphatic hydroxyl groups excluding tert-OH is 1. The van der Waals surface area contributed by atoms with Crippen molar-refractivity contribution in [2.24, 2.45) is 5.16 Å². The van der Waals surface area contributed by atoms with Crippen LogP contribution in [0.5, 0.6) is 17.2 Å². The molecule has 0 amide bonds. The average Bonchev–Trinajstić information content (AvgIpc) is 3.54. The molecule has 3 aromatic carbocycles. The Balaban J connectivity index is 1.23. The fourth-order valence-corrected chi connectivity index (χ4v) is 4.58. The zero-order valence-electron chi connectivity index (χ0n) is 20.1. The van der Waals surface area contributed by atoms with Gasteiger partial charge < -0.3 is 24.2 Å². The molecule has 3 aromatic rings. The monoisotopic (exact) mass is 508 g/mol. The summed E-state index contributed by atoms with van der Waals surface area (Å²) in [5.74, 6) is 2.23. The van der Waals surface area contributed by atoms with Crippen molar-refractivity contribution >= 4 is 17.3 Å². The number of ether oxygens (including phenoxy) is 3. The van der Waals surface area contributed by atoms with Gasteiger partial charge in [-0.25, -0.2) is 0 Å². The van der Waals surface area contributed by atoms with Crippen molar-refractivity contribution in [1.29, 1.82) is 0 Å². The summed E-state index contributed by atoms with van der Waals surface area (Å²) in [5.41, 5.74) is 3.83. The Morgan fingerprint density at radius 1 is 1.08 bits per heavy atom. The van der Waals surface area contributed by atoms with Crippen LogP contribution < -0.4 is 14.2 Å². The molecule has 0 unspecified atom stereocenters. The Morgan fingerprint density at radius 2 is 1.89 bits per heavy atom. The number of benzene rings is 3. The summed E-state index contributed by atoms with van der Waals surface area (Å²) < 4.78 is 16.8. The van der Waals surface area contributed by atoms with E-state index in [1.807, 2.05) is 73.7 Å². The van der Waals surface area contributed by atoms with Gasteiger partial charge in [0.2, 0.25) is 6.79 Å². The lowest BCUT2D eigenvalue weighted by Crippen LogP contribution is -2.39. The number of fused-ring (bicyclic) bond motifs is 1. The molecule has 7 nitrogen and oxygen atoms in total. The van der Waals surface area contributed by atoms with E-state index < -0.39 is 6.10 Å². The first-order chi connectivity index (χ1) is 17.5. The van der Waals surface area contributed by atoms with Crippen molar-refractivity contribution in [3.63, 3.8) is 0 Å². The Morgan fingerprint density at radius 3 is 2.75 bits per heavy atom. The van der Waals surface area contributed by atoms with Crippen LogP contribution in [0.25, 0.3) is 0 Å². The van der Waals surface area contributed by atoms with Gasteiger partial charge in [0.15, 0.2) is 11.5 Å². The highest BCUT2D eigenvalue weighted by atomic mass is 35.5. The summed E-state index contributed by atoms with van der Waals surface area (Å²) in [6.07, 6.45) is -0.200. The SMILES string of the molecule is Cc1ccccc1OC[C@@H](O)CN(Cc1ccccc1Cl)C[C@@H]1CC(c2ccc3c(c2)OCO3)=NO1. The molecule has 2 aliphatic rings. The van der Waals surface area contributed by atoms with E-state index in [4.69, 9.17) is 30.6 Å². The van der Waals surface area contributed by atoms with E-state index in [1.165, 1.54) is 0 Å². The van der Waals surface area contributed by atoms with Crippen LogP contribution >= 0.6 is 11.6 Å². The van der Waals surface area contributed by atoms with Crippen molar-refractivity contribution in [2.75, 3.05) is 26.5 Å². The number of para-hydroxylation sites is 1. The van der Waals surface area contributed by atoms with Crippen LogP contribution in [0.3, 0.4) is 0 Å². The summed E-state index contributed by atoms with van der Waals surface area (Å²) in [5, 5.41) is 15.8. The number of aliphatic hydroxyl groups is 1. The maximum absolute atomic E-state index is 10.8. The van der Waals surface area contributed by atoms with E-state index >= 15 is 0 Å². The normalized spacial score (nSPS) is 17.1. The third-order valence-corrected chi connectivity index (χ3v) is 6.61. The van der Waals surface area contributed by atoms with Gasteiger partial charge in [-0.3, -0.25) is 4.90 Å². The van der Waals surface area contributed by atoms with Gasteiger partial charge in [0.1, 0.15) is 24.6 Å². The first-order valence-electron chi connectivity index (χ1n) is 12.0. The zero-order chi connectivity index (χ0) is 24.9. The lowest BCUT2D eigenvalue weighted by molar-refractivity contribution is 0.0212. The molecule has 0 bridgehead atoms. The molecule has 0 spiro atoms. The molecular weight excluding hydrogens is 480 g/mol. The third-order valence-electron chi connectivity index (χ3n) is 6.25. The van der Waals surface area contributed by atoms with Crippen molar-refractivity contribution in [1.82, 2.24) is 4.90 Å². The minimum absolute atomic E-state index is 0.155. The summed E-state index contributed by atoms with van der Waals surface area (Å²) in [4.78, 5) is 7.93. The summed E-state index contributed by atoms with van der Waals surface area (Å²) >= 11 is 6.44. The summed E-state index contributed by atoms with van der Waals surface area (Å²) in [6, 6.07) is 21.3. The average molecular weight is 509 g/mol. The second-order valence-electron chi connectivity index (χ2n) is 9.05. The topological polar surface area (TPSA) is 72.8 Å². The van der Waals surface area contributed by atoms with Gasteiger partial charge in [0, 0.05) is 36.6 Å². The highest BCUT2D eigenvalue weighted by Crippen LogP contribution is 2.34. The lowest BCUT2D eigenvalue weighted by atomic mass is 10.0. The zero-order valence-corrected chi connectivity index (χ0v) is 20.9. The molecule has 5 rings (SSSR count). The molecular formula is C28H29ClN2O5. The first kappa shape index (κ1) is 24.4. The van der Waals surface area contributed by atoms with Gasteiger partial charge in [-0.2, -0.15) is 0 Å². The number of rotatable bonds is 10. The molecule has 0 aromatic heterocycles. The van der Waals surface area contributed by atoms with E-state index in [0.29, 0.717) is 31.1 Å². The van der Waals surface area contributed by atoms with Crippen LogP contribution in [0, 0.1) is 6.92 Å². The second kappa shape index (κ2) is 11.2. The molecule has 8 heteroatoms. The van der Waals surface area contributed by atoms with Gasteiger partial charge in [-0.1, -0.05) is 53.2 Å². The molecule has 36 heavy (non-hydrogen) atoms. The fraction of sp³-hybridized carbons (Fsp3) is 0.321. The molecule has 0 fully saturated rings. The number of hydrogen-bond acceptors (Lipinski definition) is 7. The first-order valence-corrected chi connectivity index (χ1v) is 12.4. The Hall–Kier alpha value is -3.26. The molecule has 2 heterocycles. The number of hydrogen-bond donors (Lipinski definition) is 1. The van der Waals surface area contributed by atoms with E-state index in [9.17, 15) is 5.11 Å². The number of oxime groups is 1. The highest BCUT2D eigenvalue weighted by Gasteiger charge is 2.27. The maximum atomic E-state index is 10.8. The van der Waals surface area contributed by atoms with Crippen molar-refractivity contribution in [3.8, 4) is 17.2 Å². The molecule has 0 saturated carbocycles. The second-order valence-corrected chi connectivity index (χ2v) is 9.46. The van der Waals surface area contributed by atoms with Crippen LogP contribution in [-0.4, -0.2) is 54.4 Å². The van der Waals surface area contributed by atoms with Gasteiger partial charge >= 0.3 is 0 Å². The molecule has 1 N–H and O–H groups in total. The van der Waals surface area contributed by atoms with E-state index in [-0.39, 0.29) is 19.5 Å². The number of nitrogens with zero attached hydrogens (tertiary/aromatic N) is 2. The Bertz CT molecular complexity index is 1230. The Kier molecular flexibility index (Phi) is 7.60. The minimum Gasteiger partial charge on any atom is -0.491 e. The number of halogens is 1. The molecule has 188 valence electrons. The highest BCUT2D eigenvalue weighted by molar-refractivity contribution is 6.31. The van der Waals surface area contributed by atoms with Gasteiger partial charge in [-0.05, 0) is 48.4 Å². The minimum atomic E-state index is -0.692. The molecule has 0 radical (unpaired) electrons. The summed E-state index contributed by atoms with van der Waals surface area (Å²) in [6.45, 7) is 3.95. The molecule has 2 atom stereocenters. The van der Waals surface area contributed by atoms with Gasteiger partial charge in [-0.15, -0.1) is 0 Å². The molecule has 0 saturated heterocycles. The largest absolute Gasteiger partial charge is 0.491 e. The van der Waals surface area contributed by atoms with Crippen LogP contribution in [0.15, 0.2) is 71.9 Å². The Labute approximate surface area is 215 Å². The van der Waals surface area contributed by atoms with E-state index in [1.54, 1.807) is 0 Å². The van der Waals surface area contributed by atoms with E-state index in [0.717, 1.165) is 39.7 Å². The number of aryl methyl sites for hydroxylation is 1. The van der Waals surface area contributed by atoms with Crippen molar-refractivity contribution in [2.45, 2.75) is 32.1 Å². The van der Waals surface area contributed by atoms with Crippen molar-refractivity contribution < 1.29 is 24.2 Å². The van der Waals surface area contributed by atoms with Crippen LogP contribution in [-0.2, 0) is 11.4 Å². The van der Waals surface area contributed by atoms with Gasteiger partial charge in [0.25, 0.3) is 0 Å². The fourth-order valence-electron chi connectivity index (χ4n) is 4.39. The molecule has 2 aliphatic heterocycles. The third kappa shape index (κ3) is 5.93. The van der Waals surface area contributed by atoms with Crippen molar-refractivity contribution in [3.05, 3.63) is 88.4 Å². The van der Waals surface area contributed by atoms with Crippen LogP contribution in [0.4, 0.5) is 0 Å². The predicted octanol–water partition coefficient (Wildman–Crippen LogP) is 4.81. The lowest BCUT2D eigenvalue weighted by Gasteiger charge is -2.27. The predicted molar refractivity (Wildman–Crippen MR) is 138 cm³/mol. The smallest absolute Gasteiger partial charge is 0.231 e. The van der Waals surface area contributed by atoms with Crippen LogP contribution in [0.2, 0.25) is 5.02 Å². The van der Waals surface area contributed by atoms with E-state index in [2.05, 4.69) is 10.1 Å². The maximum Gasteiger partial charge on any atom is 0.231 e. The van der Waals surface area contributed by atoms with Crippen LogP contribution in [0.1, 0.15) is 23.1 Å². The quantitative estimate of drug-likeness (QED) is 0.423. The molecule has 0 aliphatic carbocycles.